The van der Waals surface area contributed by atoms with Gasteiger partial charge in [-0.05, 0) is 65.2 Å². The molecule has 7 nitrogen and oxygen atoms in total. The monoisotopic (exact) mass is 374 g/mol. The van der Waals surface area contributed by atoms with Crippen LogP contribution in [0.2, 0.25) is 0 Å². The van der Waals surface area contributed by atoms with Crippen molar-refractivity contribution in [3.05, 3.63) is 17.5 Å². The average Bonchev–Trinajstić information content (AvgIpc) is 2.84. The molecule has 150 valence electrons. The van der Waals surface area contributed by atoms with E-state index < -0.39 is 0 Å². The molecule has 1 N–H and O–H groups in total. The van der Waals surface area contributed by atoms with Gasteiger partial charge in [0, 0.05) is 44.1 Å². The number of aryl methyl sites for hydroxylation is 2. The van der Waals surface area contributed by atoms with Crippen molar-refractivity contribution < 1.29 is 4.79 Å². The second-order valence-electron chi connectivity index (χ2n) is 8.12. The van der Waals surface area contributed by atoms with Crippen LogP contribution >= 0.6 is 0 Å². The molecule has 7 heteroatoms. The fourth-order valence-electron chi connectivity index (χ4n) is 3.96. The molecule has 0 unspecified atom stereocenters. The number of nitrogens with zero attached hydrogens (tertiary/aromatic N) is 5. The Morgan fingerprint density at radius 3 is 2.48 bits per heavy atom. The first-order valence-corrected chi connectivity index (χ1v) is 10.2. The first kappa shape index (κ1) is 20.0. The Kier molecular flexibility index (Phi) is 7.01. The van der Waals surface area contributed by atoms with Crippen LogP contribution in [0.3, 0.4) is 0 Å². The molecule has 2 aliphatic rings. The van der Waals surface area contributed by atoms with E-state index in [0.29, 0.717) is 12.5 Å². The number of hydrogen-bond acceptors (Lipinski definition) is 6. The molecule has 0 aromatic carbocycles. The van der Waals surface area contributed by atoms with Crippen molar-refractivity contribution >= 4 is 11.9 Å². The highest BCUT2D eigenvalue weighted by molar-refractivity contribution is 5.78. The summed E-state index contributed by atoms with van der Waals surface area (Å²) in [5.41, 5.74) is 2.04. The molecule has 1 amide bonds. The Hall–Kier alpha value is -1.73. The van der Waals surface area contributed by atoms with E-state index in [2.05, 4.69) is 37.0 Å². The number of likely N-dealkylation sites (N-methyl/N-ethyl adjacent to an activating group) is 1. The van der Waals surface area contributed by atoms with Crippen LogP contribution < -0.4 is 10.2 Å². The molecule has 3 heterocycles. The van der Waals surface area contributed by atoms with Crippen LogP contribution in [0.5, 0.6) is 0 Å². The summed E-state index contributed by atoms with van der Waals surface area (Å²) in [6.45, 7) is 11.4. The van der Waals surface area contributed by atoms with Gasteiger partial charge < -0.3 is 15.1 Å². The Balaban J connectivity index is 1.38. The number of anilines is 1. The van der Waals surface area contributed by atoms with E-state index in [9.17, 15) is 4.79 Å². The normalized spacial score (nSPS) is 20.5. The highest BCUT2D eigenvalue weighted by atomic mass is 16.2. The van der Waals surface area contributed by atoms with Crippen LogP contribution in [0, 0.1) is 19.8 Å². The number of aromatic nitrogens is 2. The summed E-state index contributed by atoms with van der Waals surface area (Å²) in [7, 11) is 2.15. The molecule has 27 heavy (non-hydrogen) atoms. The zero-order valence-corrected chi connectivity index (χ0v) is 17.1. The van der Waals surface area contributed by atoms with Crippen molar-refractivity contribution in [2.24, 2.45) is 5.92 Å². The second-order valence-corrected chi connectivity index (χ2v) is 8.12. The summed E-state index contributed by atoms with van der Waals surface area (Å²) in [5.74, 6) is 1.56. The second kappa shape index (κ2) is 9.46. The number of piperidine rings is 1. The molecule has 1 aromatic heterocycles. The lowest BCUT2D eigenvalue weighted by molar-refractivity contribution is -0.122. The summed E-state index contributed by atoms with van der Waals surface area (Å²) in [4.78, 5) is 28.3. The zero-order valence-electron chi connectivity index (χ0n) is 17.1. The largest absolute Gasteiger partial charge is 0.355 e. The Morgan fingerprint density at radius 2 is 1.78 bits per heavy atom. The van der Waals surface area contributed by atoms with Gasteiger partial charge in [0.15, 0.2) is 0 Å². The van der Waals surface area contributed by atoms with Crippen molar-refractivity contribution in [3.8, 4) is 0 Å². The highest BCUT2D eigenvalue weighted by Crippen LogP contribution is 2.20. The van der Waals surface area contributed by atoms with Crippen LogP contribution in [0.1, 0.15) is 30.7 Å². The molecule has 0 aliphatic carbocycles. The lowest BCUT2D eigenvalue weighted by Gasteiger charge is -2.32. The van der Waals surface area contributed by atoms with Crippen molar-refractivity contribution in [1.82, 2.24) is 25.1 Å². The number of rotatable bonds is 5. The Bertz CT molecular complexity index is 609. The van der Waals surface area contributed by atoms with E-state index in [4.69, 9.17) is 0 Å². The minimum Gasteiger partial charge on any atom is -0.355 e. The summed E-state index contributed by atoms with van der Waals surface area (Å²) in [5, 5.41) is 3.16. The van der Waals surface area contributed by atoms with Gasteiger partial charge in [-0.25, -0.2) is 9.97 Å². The minimum atomic E-state index is 0.166. The van der Waals surface area contributed by atoms with Gasteiger partial charge in [0.25, 0.3) is 0 Å². The maximum absolute atomic E-state index is 12.3. The number of carbonyl (C=O) groups is 1. The smallest absolute Gasteiger partial charge is 0.234 e. The van der Waals surface area contributed by atoms with Crippen LogP contribution in [-0.2, 0) is 4.79 Å². The molecular formula is C20H34N6O. The number of carbonyl (C=O) groups excluding carboxylic acids is 1. The molecule has 1 aromatic rings. The van der Waals surface area contributed by atoms with Crippen LogP contribution in [0.4, 0.5) is 5.95 Å². The SMILES string of the molecule is Cc1cc(C)nc(N2CCC(CNC(=O)CN3CCCN(C)CC3)CC2)n1. The first-order chi connectivity index (χ1) is 13.0. The van der Waals surface area contributed by atoms with Crippen LogP contribution in [-0.4, -0.2) is 85.1 Å². The maximum atomic E-state index is 12.3. The van der Waals surface area contributed by atoms with Crippen molar-refractivity contribution in [2.75, 3.05) is 64.3 Å². The molecule has 3 rings (SSSR count). The zero-order chi connectivity index (χ0) is 19.2. The molecule has 0 spiro atoms. The standard InChI is InChI=1S/C20H34N6O/c1-16-13-17(2)23-20(22-16)26-9-5-18(6-10-26)14-21-19(27)15-25-8-4-7-24(3)11-12-25/h13,18H,4-12,14-15H2,1-3H3,(H,21,27). The summed E-state index contributed by atoms with van der Waals surface area (Å²) < 4.78 is 0. The van der Waals surface area contributed by atoms with E-state index >= 15 is 0 Å². The molecule has 2 fully saturated rings. The third-order valence-corrected chi connectivity index (χ3v) is 5.64. The summed E-state index contributed by atoms with van der Waals surface area (Å²) >= 11 is 0. The third kappa shape index (κ3) is 6.14. The van der Waals surface area contributed by atoms with Gasteiger partial charge >= 0.3 is 0 Å². The third-order valence-electron chi connectivity index (χ3n) is 5.64. The summed E-state index contributed by atoms with van der Waals surface area (Å²) in [6.07, 6.45) is 3.29. The lowest BCUT2D eigenvalue weighted by atomic mass is 9.97. The Morgan fingerprint density at radius 1 is 1.07 bits per heavy atom. The first-order valence-electron chi connectivity index (χ1n) is 10.2. The van der Waals surface area contributed by atoms with Gasteiger partial charge in [-0.3, -0.25) is 9.69 Å². The molecule has 2 aliphatic heterocycles. The molecule has 0 radical (unpaired) electrons. The minimum absolute atomic E-state index is 0.166. The van der Waals surface area contributed by atoms with Crippen LogP contribution in [0.25, 0.3) is 0 Å². The predicted molar refractivity (Wildman–Crippen MR) is 108 cm³/mol. The summed E-state index contributed by atoms with van der Waals surface area (Å²) in [6, 6.07) is 2.01. The van der Waals surface area contributed by atoms with Gasteiger partial charge in [-0.1, -0.05) is 0 Å². The van der Waals surface area contributed by atoms with Crippen molar-refractivity contribution in [2.45, 2.75) is 33.1 Å². The van der Waals surface area contributed by atoms with Crippen LogP contribution in [0.15, 0.2) is 6.07 Å². The van der Waals surface area contributed by atoms with E-state index in [1.54, 1.807) is 0 Å². The van der Waals surface area contributed by atoms with Gasteiger partial charge in [0.05, 0.1) is 6.54 Å². The molecule has 2 saturated heterocycles. The van der Waals surface area contributed by atoms with Gasteiger partial charge in [0.2, 0.25) is 11.9 Å². The van der Waals surface area contributed by atoms with E-state index in [0.717, 1.165) is 82.4 Å². The van der Waals surface area contributed by atoms with E-state index in [1.807, 2.05) is 19.9 Å². The fourth-order valence-corrected chi connectivity index (χ4v) is 3.96. The van der Waals surface area contributed by atoms with Gasteiger partial charge in [0.1, 0.15) is 0 Å². The van der Waals surface area contributed by atoms with Crippen molar-refractivity contribution in [3.63, 3.8) is 0 Å². The molecular weight excluding hydrogens is 340 g/mol. The number of nitrogens with one attached hydrogen (secondary N) is 1. The molecule has 0 atom stereocenters. The average molecular weight is 375 g/mol. The fraction of sp³-hybridized carbons (Fsp3) is 0.750. The highest BCUT2D eigenvalue weighted by Gasteiger charge is 2.22. The number of amides is 1. The number of hydrogen-bond donors (Lipinski definition) is 1. The quantitative estimate of drug-likeness (QED) is 0.832. The topological polar surface area (TPSA) is 64.6 Å². The lowest BCUT2D eigenvalue weighted by Crippen LogP contribution is -2.43. The maximum Gasteiger partial charge on any atom is 0.234 e. The van der Waals surface area contributed by atoms with Gasteiger partial charge in [-0.15, -0.1) is 0 Å². The molecule has 0 saturated carbocycles. The Labute approximate surface area is 163 Å². The van der Waals surface area contributed by atoms with Gasteiger partial charge in [-0.2, -0.15) is 0 Å². The predicted octanol–water partition coefficient (Wildman–Crippen LogP) is 1.06. The molecule has 0 bridgehead atoms. The van der Waals surface area contributed by atoms with Crippen molar-refractivity contribution in [1.29, 1.82) is 0 Å². The van der Waals surface area contributed by atoms with E-state index in [-0.39, 0.29) is 5.91 Å². The van der Waals surface area contributed by atoms with E-state index in [1.165, 1.54) is 0 Å².